The minimum atomic E-state index is -0.359. The third-order valence-electron chi connectivity index (χ3n) is 5.51. The molecule has 1 amide bonds. The van der Waals surface area contributed by atoms with E-state index in [0.29, 0.717) is 49.3 Å². The molecule has 11 nitrogen and oxygen atoms in total. The fraction of sp³-hybridized carbons (Fsp3) is 0.192. The van der Waals surface area contributed by atoms with Crippen LogP contribution in [-0.4, -0.2) is 62.8 Å². The molecule has 1 aromatic carbocycles. The van der Waals surface area contributed by atoms with Crippen LogP contribution in [-0.2, 0) is 16.0 Å². The van der Waals surface area contributed by atoms with Crippen molar-refractivity contribution in [2.75, 3.05) is 37.6 Å². The van der Waals surface area contributed by atoms with Crippen molar-refractivity contribution in [2.24, 2.45) is 0 Å². The smallest absolute Gasteiger partial charge is 0.274 e. The fourth-order valence-corrected chi connectivity index (χ4v) is 3.71. The zero-order valence-electron chi connectivity index (χ0n) is 20.2. The molecule has 5 aromatic rings. The highest BCUT2D eigenvalue weighted by atomic mass is 16.5. The van der Waals surface area contributed by atoms with E-state index in [-0.39, 0.29) is 11.6 Å². The lowest BCUT2D eigenvalue weighted by atomic mass is 10.2. The maximum absolute atomic E-state index is 13.2. The SMILES string of the molecule is COCCOCCn1cc(NC(=O)c2cccc(Nc3ccc4[nH]ncc4c3)n2)c(-c2ccccn2)n1. The zero-order chi connectivity index (χ0) is 25.5. The van der Waals surface area contributed by atoms with Gasteiger partial charge in [0.25, 0.3) is 5.91 Å². The summed E-state index contributed by atoms with van der Waals surface area (Å²) in [6, 6.07) is 16.6. The summed E-state index contributed by atoms with van der Waals surface area (Å²) in [7, 11) is 1.63. The number of aromatic amines is 1. The molecular formula is C26H26N8O3. The molecular weight excluding hydrogens is 472 g/mol. The number of pyridine rings is 2. The van der Waals surface area contributed by atoms with Gasteiger partial charge >= 0.3 is 0 Å². The van der Waals surface area contributed by atoms with Crippen LogP contribution in [0.2, 0.25) is 0 Å². The van der Waals surface area contributed by atoms with Crippen molar-refractivity contribution in [3.8, 4) is 11.4 Å². The van der Waals surface area contributed by atoms with Crippen molar-refractivity contribution >= 4 is 34.0 Å². The lowest BCUT2D eigenvalue weighted by Gasteiger charge is -2.08. The number of nitrogens with one attached hydrogen (secondary N) is 3. The summed E-state index contributed by atoms with van der Waals surface area (Å²) in [5.41, 5.74) is 3.79. The molecule has 0 spiro atoms. The zero-order valence-corrected chi connectivity index (χ0v) is 20.2. The van der Waals surface area contributed by atoms with Gasteiger partial charge in [0, 0.05) is 30.6 Å². The average molecular weight is 499 g/mol. The monoisotopic (exact) mass is 498 g/mol. The van der Waals surface area contributed by atoms with E-state index in [1.165, 1.54) is 0 Å². The predicted octanol–water partition coefficient (Wildman–Crippen LogP) is 3.88. The standard InChI is InChI=1S/C26H26N8O3/c1-36-13-14-37-12-11-34-17-23(25(33-34)21-5-2-3-10-27-21)31-26(35)22-6-4-7-24(30-22)29-19-8-9-20-18(15-19)16-28-32-20/h2-10,15-17H,11-14H2,1H3,(H,28,32)(H,29,30)(H,31,35). The van der Waals surface area contributed by atoms with Crippen LogP contribution in [0.15, 0.2) is 73.2 Å². The highest BCUT2D eigenvalue weighted by Crippen LogP contribution is 2.26. The molecule has 11 heteroatoms. The Bertz CT molecular complexity index is 1480. The van der Waals surface area contributed by atoms with Crippen LogP contribution in [0.4, 0.5) is 17.2 Å². The Balaban J connectivity index is 1.32. The number of carbonyl (C=O) groups is 1. The quantitative estimate of drug-likeness (QED) is 0.234. The maximum atomic E-state index is 13.2. The molecule has 0 aliphatic rings. The third kappa shape index (κ3) is 5.97. The van der Waals surface area contributed by atoms with Gasteiger partial charge in [-0.25, -0.2) is 4.98 Å². The van der Waals surface area contributed by atoms with Crippen molar-refractivity contribution in [3.05, 3.63) is 78.9 Å². The Morgan fingerprint density at radius 1 is 1.08 bits per heavy atom. The summed E-state index contributed by atoms with van der Waals surface area (Å²) in [6.45, 7) is 2.00. The van der Waals surface area contributed by atoms with E-state index in [1.54, 1.807) is 48.6 Å². The van der Waals surface area contributed by atoms with Crippen LogP contribution in [0.1, 0.15) is 10.5 Å². The number of ether oxygens (including phenoxy) is 2. The summed E-state index contributed by atoms with van der Waals surface area (Å²) >= 11 is 0. The molecule has 4 heterocycles. The number of benzene rings is 1. The van der Waals surface area contributed by atoms with Crippen molar-refractivity contribution in [1.29, 1.82) is 0 Å². The normalized spacial score (nSPS) is 11.1. The van der Waals surface area contributed by atoms with E-state index in [0.717, 1.165) is 16.6 Å². The van der Waals surface area contributed by atoms with E-state index in [4.69, 9.17) is 9.47 Å². The Kier molecular flexibility index (Phi) is 7.44. The number of aromatic nitrogens is 6. The number of hydrogen-bond donors (Lipinski definition) is 3. The molecule has 188 valence electrons. The maximum Gasteiger partial charge on any atom is 0.274 e. The largest absolute Gasteiger partial charge is 0.382 e. The first kappa shape index (κ1) is 24.1. The van der Waals surface area contributed by atoms with Crippen LogP contribution in [0.3, 0.4) is 0 Å². The number of nitrogens with zero attached hydrogens (tertiary/aromatic N) is 5. The summed E-state index contributed by atoms with van der Waals surface area (Å²) in [5.74, 6) is 0.186. The van der Waals surface area contributed by atoms with Gasteiger partial charge in [0.1, 0.15) is 17.2 Å². The van der Waals surface area contributed by atoms with E-state index < -0.39 is 0 Å². The second-order valence-corrected chi connectivity index (χ2v) is 8.13. The molecule has 37 heavy (non-hydrogen) atoms. The van der Waals surface area contributed by atoms with E-state index in [9.17, 15) is 4.79 Å². The number of anilines is 3. The molecule has 0 aliphatic carbocycles. The van der Waals surface area contributed by atoms with Crippen molar-refractivity contribution < 1.29 is 14.3 Å². The number of amides is 1. The van der Waals surface area contributed by atoms with Crippen molar-refractivity contribution in [2.45, 2.75) is 6.54 Å². The summed E-state index contributed by atoms with van der Waals surface area (Å²) in [6.07, 6.45) is 5.21. The number of carbonyl (C=O) groups excluding carboxylic acids is 1. The number of fused-ring (bicyclic) bond motifs is 1. The summed E-state index contributed by atoms with van der Waals surface area (Å²) in [4.78, 5) is 22.1. The van der Waals surface area contributed by atoms with Crippen LogP contribution in [0.25, 0.3) is 22.3 Å². The molecule has 4 aromatic heterocycles. The average Bonchev–Trinajstić information content (AvgIpc) is 3.56. The van der Waals surface area contributed by atoms with Gasteiger partial charge in [0.15, 0.2) is 0 Å². The molecule has 0 atom stereocenters. The highest BCUT2D eigenvalue weighted by molar-refractivity contribution is 6.04. The minimum Gasteiger partial charge on any atom is -0.382 e. The van der Waals surface area contributed by atoms with Gasteiger partial charge in [-0.2, -0.15) is 10.2 Å². The number of rotatable bonds is 11. The molecule has 0 saturated heterocycles. The first-order valence-corrected chi connectivity index (χ1v) is 11.7. The molecule has 0 bridgehead atoms. The molecule has 5 rings (SSSR count). The minimum absolute atomic E-state index is 0.261. The fourth-order valence-electron chi connectivity index (χ4n) is 3.71. The summed E-state index contributed by atoms with van der Waals surface area (Å²) in [5, 5.41) is 18.8. The van der Waals surface area contributed by atoms with Crippen LogP contribution in [0, 0.1) is 0 Å². The van der Waals surface area contributed by atoms with Gasteiger partial charge in [-0.15, -0.1) is 0 Å². The lowest BCUT2D eigenvalue weighted by molar-refractivity contribution is 0.0654. The Labute approximate surface area is 212 Å². The number of H-pyrrole nitrogens is 1. The number of hydrogen-bond acceptors (Lipinski definition) is 8. The molecule has 0 fully saturated rings. The molecule has 3 N–H and O–H groups in total. The molecule has 0 aliphatic heterocycles. The topological polar surface area (TPSA) is 132 Å². The molecule has 0 unspecified atom stereocenters. The second-order valence-electron chi connectivity index (χ2n) is 8.13. The molecule has 0 saturated carbocycles. The Hall–Kier alpha value is -4.61. The number of methoxy groups -OCH3 is 1. The van der Waals surface area contributed by atoms with Gasteiger partial charge in [-0.05, 0) is 42.5 Å². The van der Waals surface area contributed by atoms with Gasteiger partial charge in [0.05, 0.1) is 49.5 Å². The Morgan fingerprint density at radius 2 is 2.03 bits per heavy atom. The van der Waals surface area contributed by atoms with Crippen molar-refractivity contribution in [3.63, 3.8) is 0 Å². The van der Waals surface area contributed by atoms with Gasteiger partial charge in [-0.3, -0.25) is 19.6 Å². The van der Waals surface area contributed by atoms with Gasteiger partial charge in [-0.1, -0.05) is 12.1 Å². The first-order chi connectivity index (χ1) is 18.2. The third-order valence-corrected chi connectivity index (χ3v) is 5.51. The second kappa shape index (κ2) is 11.4. The van der Waals surface area contributed by atoms with Crippen molar-refractivity contribution in [1.82, 2.24) is 29.9 Å². The van der Waals surface area contributed by atoms with E-state index in [2.05, 4.69) is 35.9 Å². The first-order valence-electron chi connectivity index (χ1n) is 11.7. The molecule has 0 radical (unpaired) electrons. The predicted molar refractivity (Wildman–Crippen MR) is 140 cm³/mol. The van der Waals surface area contributed by atoms with Crippen LogP contribution >= 0.6 is 0 Å². The van der Waals surface area contributed by atoms with Gasteiger partial charge < -0.3 is 20.1 Å². The van der Waals surface area contributed by atoms with Crippen LogP contribution < -0.4 is 10.6 Å². The Morgan fingerprint density at radius 3 is 2.89 bits per heavy atom. The van der Waals surface area contributed by atoms with Crippen LogP contribution in [0.5, 0.6) is 0 Å². The lowest BCUT2D eigenvalue weighted by Crippen LogP contribution is -2.14. The summed E-state index contributed by atoms with van der Waals surface area (Å²) < 4.78 is 12.3. The van der Waals surface area contributed by atoms with E-state index >= 15 is 0 Å². The van der Waals surface area contributed by atoms with E-state index in [1.807, 2.05) is 36.4 Å². The highest BCUT2D eigenvalue weighted by Gasteiger charge is 2.17. The van der Waals surface area contributed by atoms with Gasteiger partial charge in [0.2, 0.25) is 0 Å².